The molecule has 2 fully saturated rings. The van der Waals surface area contributed by atoms with Crippen molar-refractivity contribution in [1.29, 1.82) is 0 Å². The van der Waals surface area contributed by atoms with Gasteiger partial charge in [0.1, 0.15) is 0 Å². The lowest BCUT2D eigenvalue weighted by Crippen LogP contribution is -2.59. The molecule has 2 bridgehead atoms. The lowest BCUT2D eigenvalue weighted by Gasteiger charge is -2.56. The van der Waals surface area contributed by atoms with Crippen LogP contribution in [0.25, 0.3) is 0 Å². The Labute approximate surface area is 159 Å². The molecule has 0 amide bonds. The van der Waals surface area contributed by atoms with Crippen molar-refractivity contribution >= 4 is 12.4 Å². The van der Waals surface area contributed by atoms with Crippen LogP contribution in [-0.2, 0) is 18.3 Å². The Morgan fingerprint density at radius 2 is 2.04 bits per heavy atom. The third kappa shape index (κ3) is 3.26. The standard InChI is InChI=1S/C22H33NO.ClH/c1-16-17(7-3-2-6-14-24)9-10-19-18(16)15-21-20-8-4-5-11-22(19,20)12-13-23-21;/h9-10,20-21,23-24H,2-8,11-15H2,1H3;1H/t20-,21+,22-;/m0./s1. The van der Waals surface area contributed by atoms with E-state index in [1.54, 1.807) is 22.3 Å². The summed E-state index contributed by atoms with van der Waals surface area (Å²) in [5.74, 6) is 0.877. The molecule has 4 rings (SSSR count). The number of unbranched alkanes of at least 4 members (excludes halogenated alkanes) is 2. The third-order valence-corrected chi connectivity index (χ3v) is 7.34. The summed E-state index contributed by atoms with van der Waals surface area (Å²) in [5, 5.41) is 12.8. The predicted octanol–water partition coefficient (Wildman–Crippen LogP) is 4.47. The van der Waals surface area contributed by atoms with Crippen molar-refractivity contribution in [3.8, 4) is 0 Å². The lowest BCUT2D eigenvalue weighted by molar-refractivity contribution is 0.0795. The van der Waals surface area contributed by atoms with E-state index < -0.39 is 0 Å². The predicted molar refractivity (Wildman–Crippen MR) is 107 cm³/mol. The van der Waals surface area contributed by atoms with Crippen LogP contribution in [0.5, 0.6) is 0 Å². The summed E-state index contributed by atoms with van der Waals surface area (Å²) in [6.45, 7) is 3.92. The monoisotopic (exact) mass is 363 g/mol. The van der Waals surface area contributed by atoms with Crippen molar-refractivity contribution in [2.24, 2.45) is 5.92 Å². The second-order valence-electron chi connectivity index (χ2n) is 8.43. The van der Waals surface area contributed by atoms with E-state index in [0.717, 1.165) is 24.8 Å². The maximum atomic E-state index is 8.97. The number of benzene rings is 1. The van der Waals surface area contributed by atoms with Crippen LogP contribution < -0.4 is 5.32 Å². The van der Waals surface area contributed by atoms with Gasteiger partial charge < -0.3 is 10.4 Å². The van der Waals surface area contributed by atoms with Gasteiger partial charge in [-0.2, -0.15) is 0 Å². The zero-order chi connectivity index (χ0) is 16.6. The van der Waals surface area contributed by atoms with E-state index in [1.807, 2.05) is 0 Å². The van der Waals surface area contributed by atoms with E-state index in [9.17, 15) is 0 Å². The molecule has 1 saturated carbocycles. The summed E-state index contributed by atoms with van der Waals surface area (Å²) in [6, 6.07) is 5.68. The number of nitrogens with one attached hydrogen (secondary N) is 1. The maximum Gasteiger partial charge on any atom is 0.0431 e. The molecule has 3 heteroatoms. The van der Waals surface area contributed by atoms with E-state index in [4.69, 9.17) is 5.11 Å². The molecule has 2 aliphatic carbocycles. The number of rotatable bonds is 5. The quantitative estimate of drug-likeness (QED) is 0.756. The molecule has 1 aliphatic heterocycles. The fourth-order valence-corrected chi connectivity index (χ4v) is 6.10. The first-order valence-corrected chi connectivity index (χ1v) is 10.2. The maximum absolute atomic E-state index is 8.97. The van der Waals surface area contributed by atoms with Crippen LogP contribution in [0.2, 0.25) is 0 Å². The first-order valence-electron chi connectivity index (χ1n) is 10.2. The number of aryl methyl sites for hydroxylation is 1. The van der Waals surface area contributed by atoms with Gasteiger partial charge in [-0.1, -0.05) is 31.4 Å². The first-order chi connectivity index (χ1) is 11.8. The molecule has 0 spiro atoms. The molecule has 3 aliphatic rings. The van der Waals surface area contributed by atoms with Gasteiger partial charge in [0.25, 0.3) is 0 Å². The first kappa shape index (κ1) is 19.2. The van der Waals surface area contributed by atoms with Crippen molar-refractivity contribution in [3.63, 3.8) is 0 Å². The van der Waals surface area contributed by atoms with Gasteiger partial charge in [-0.05, 0) is 86.6 Å². The molecule has 2 N–H and O–H groups in total. The highest BCUT2D eigenvalue weighted by Crippen LogP contribution is 2.54. The van der Waals surface area contributed by atoms with Gasteiger partial charge in [0.15, 0.2) is 0 Å². The van der Waals surface area contributed by atoms with Crippen LogP contribution in [-0.4, -0.2) is 24.3 Å². The van der Waals surface area contributed by atoms with Crippen LogP contribution in [0.3, 0.4) is 0 Å². The summed E-state index contributed by atoms with van der Waals surface area (Å²) in [7, 11) is 0. The fourth-order valence-electron chi connectivity index (χ4n) is 6.10. The second kappa shape index (κ2) is 7.98. The van der Waals surface area contributed by atoms with Crippen molar-refractivity contribution in [3.05, 3.63) is 34.4 Å². The number of piperidine rings is 1. The van der Waals surface area contributed by atoms with Crippen molar-refractivity contribution < 1.29 is 5.11 Å². The Morgan fingerprint density at radius 3 is 2.88 bits per heavy atom. The summed E-state index contributed by atoms with van der Waals surface area (Å²) in [4.78, 5) is 0. The fraction of sp³-hybridized carbons (Fsp3) is 0.727. The summed E-state index contributed by atoms with van der Waals surface area (Å²) in [5.41, 5.74) is 7.03. The Morgan fingerprint density at radius 1 is 1.16 bits per heavy atom. The summed E-state index contributed by atoms with van der Waals surface area (Å²) in [6.07, 6.45) is 12.8. The Kier molecular flexibility index (Phi) is 6.13. The largest absolute Gasteiger partial charge is 0.396 e. The molecule has 25 heavy (non-hydrogen) atoms. The lowest BCUT2D eigenvalue weighted by atomic mass is 9.52. The molecular weight excluding hydrogens is 330 g/mol. The van der Waals surface area contributed by atoms with E-state index in [0.29, 0.717) is 12.0 Å². The van der Waals surface area contributed by atoms with E-state index in [1.165, 1.54) is 57.9 Å². The highest BCUT2D eigenvalue weighted by Gasteiger charge is 2.51. The van der Waals surface area contributed by atoms with Gasteiger partial charge in [-0.15, -0.1) is 12.4 Å². The number of aliphatic hydroxyl groups excluding tert-OH is 1. The molecule has 0 unspecified atom stereocenters. The minimum atomic E-state index is 0. The third-order valence-electron chi connectivity index (χ3n) is 7.34. The van der Waals surface area contributed by atoms with Crippen LogP contribution in [0.1, 0.15) is 73.6 Å². The normalized spacial score (nSPS) is 30.2. The average molecular weight is 364 g/mol. The van der Waals surface area contributed by atoms with Crippen molar-refractivity contribution in [2.75, 3.05) is 13.2 Å². The molecule has 0 aromatic heterocycles. The van der Waals surface area contributed by atoms with Gasteiger partial charge in [0, 0.05) is 18.1 Å². The molecule has 2 nitrogen and oxygen atoms in total. The van der Waals surface area contributed by atoms with Crippen LogP contribution in [0, 0.1) is 12.8 Å². The molecule has 140 valence electrons. The summed E-state index contributed by atoms with van der Waals surface area (Å²) < 4.78 is 0. The SMILES string of the molecule is Cc1c(CCCCCO)ccc2c1C[C@H]1NCC[C@@]23CCCC[C@@H]13.Cl. The van der Waals surface area contributed by atoms with Crippen molar-refractivity contribution in [1.82, 2.24) is 5.32 Å². The zero-order valence-corrected chi connectivity index (χ0v) is 16.5. The topological polar surface area (TPSA) is 32.3 Å². The average Bonchev–Trinajstić information content (AvgIpc) is 2.61. The van der Waals surface area contributed by atoms with Gasteiger partial charge in [0.2, 0.25) is 0 Å². The van der Waals surface area contributed by atoms with Crippen molar-refractivity contribution in [2.45, 2.75) is 82.6 Å². The van der Waals surface area contributed by atoms with Gasteiger partial charge in [0.05, 0.1) is 0 Å². The molecule has 1 heterocycles. The second-order valence-corrected chi connectivity index (χ2v) is 8.43. The number of hydrogen-bond donors (Lipinski definition) is 2. The zero-order valence-electron chi connectivity index (χ0n) is 15.7. The van der Waals surface area contributed by atoms with Crippen LogP contribution in [0.15, 0.2) is 12.1 Å². The van der Waals surface area contributed by atoms with Gasteiger partial charge in [-0.3, -0.25) is 0 Å². The highest BCUT2D eigenvalue weighted by molar-refractivity contribution is 5.85. The summed E-state index contributed by atoms with van der Waals surface area (Å²) >= 11 is 0. The number of aliphatic hydroxyl groups is 1. The Hall–Kier alpha value is -0.570. The molecule has 1 aromatic rings. The number of fused-ring (bicyclic) bond motifs is 1. The van der Waals surface area contributed by atoms with Crippen LogP contribution in [0.4, 0.5) is 0 Å². The highest BCUT2D eigenvalue weighted by atomic mass is 35.5. The minimum absolute atomic E-state index is 0. The molecule has 1 aromatic carbocycles. The van der Waals surface area contributed by atoms with Gasteiger partial charge in [-0.25, -0.2) is 0 Å². The molecule has 1 saturated heterocycles. The molecule has 3 atom stereocenters. The number of halogens is 1. The Balaban J connectivity index is 0.00000182. The smallest absolute Gasteiger partial charge is 0.0431 e. The van der Waals surface area contributed by atoms with E-state index >= 15 is 0 Å². The number of hydrogen-bond acceptors (Lipinski definition) is 2. The van der Waals surface area contributed by atoms with Crippen LogP contribution >= 0.6 is 12.4 Å². The molecule has 0 radical (unpaired) electrons. The Bertz CT molecular complexity index is 598. The van der Waals surface area contributed by atoms with E-state index in [-0.39, 0.29) is 12.4 Å². The minimum Gasteiger partial charge on any atom is -0.396 e. The van der Waals surface area contributed by atoms with Gasteiger partial charge >= 0.3 is 0 Å². The van der Waals surface area contributed by atoms with E-state index in [2.05, 4.69) is 24.4 Å². The molecular formula is C22H34ClNO.